The SMILES string of the molecule is CC(C)OC(=O)N1[C@@H]2[C@@H]3[C@@H](C4=C(CCC4=O)C[C@H]2n2c(=O)n(-c4ccccc4)c(=O)n23)N1C(=O)OC(C)C. The topological polar surface area (TPSA) is 125 Å². The number of hydrazine groups is 1. The fraction of sp³-hybridized carbons (Fsp3) is 0.500. The zero-order chi connectivity index (χ0) is 27.0. The number of ether oxygens (including phenoxy) is 2. The zero-order valence-corrected chi connectivity index (χ0v) is 21.6. The van der Waals surface area contributed by atoms with Crippen LogP contribution in [0.1, 0.15) is 59.0 Å². The Labute approximate surface area is 217 Å². The van der Waals surface area contributed by atoms with E-state index in [0.717, 1.165) is 15.1 Å². The van der Waals surface area contributed by atoms with Crippen LogP contribution in [0.2, 0.25) is 0 Å². The molecule has 200 valence electrons. The number of aromatic nitrogens is 3. The van der Waals surface area contributed by atoms with Crippen LogP contribution in [0.25, 0.3) is 5.69 Å². The minimum atomic E-state index is -1.00. The number of benzene rings is 1. The van der Waals surface area contributed by atoms with Crippen molar-refractivity contribution in [1.82, 2.24) is 23.9 Å². The summed E-state index contributed by atoms with van der Waals surface area (Å²) in [6.45, 7) is 6.74. The first-order valence-corrected chi connectivity index (χ1v) is 12.9. The Morgan fingerprint density at radius 3 is 2.05 bits per heavy atom. The molecular formula is C26H29N5O7. The monoisotopic (exact) mass is 523 g/mol. The summed E-state index contributed by atoms with van der Waals surface area (Å²) in [5.74, 6) is -0.137. The fourth-order valence-electron chi connectivity index (χ4n) is 6.40. The molecule has 4 bridgehead atoms. The number of hydrogen-bond donors (Lipinski definition) is 0. The van der Waals surface area contributed by atoms with Crippen molar-refractivity contribution in [2.24, 2.45) is 0 Å². The van der Waals surface area contributed by atoms with Crippen molar-refractivity contribution >= 4 is 18.0 Å². The molecule has 2 aliphatic heterocycles. The predicted molar refractivity (Wildman–Crippen MR) is 133 cm³/mol. The van der Waals surface area contributed by atoms with Crippen molar-refractivity contribution in [1.29, 1.82) is 0 Å². The van der Waals surface area contributed by atoms with Gasteiger partial charge in [-0.05, 0) is 52.7 Å². The Balaban J connectivity index is 1.60. The van der Waals surface area contributed by atoms with Gasteiger partial charge in [-0.25, -0.2) is 43.1 Å². The highest BCUT2D eigenvalue weighted by atomic mass is 16.6. The molecule has 12 heteroatoms. The van der Waals surface area contributed by atoms with Gasteiger partial charge < -0.3 is 9.47 Å². The second kappa shape index (κ2) is 8.47. The number of rotatable bonds is 3. The van der Waals surface area contributed by atoms with Crippen LogP contribution in [0.3, 0.4) is 0 Å². The van der Waals surface area contributed by atoms with E-state index in [4.69, 9.17) is 9.47 Å². The van der Waals surface area contributed by atoms with Crippen LogP contribution < -0.4 is 11.4 Å². The molecule has 0 radical (unpaired) electrons. The van der Waals surface area contributed by atoms with Gasteiger partial charge >= 0.3 is 23.6 Å². The average molecular weight is 524 g/mol. The summed E-state index contributed by atoms with van der Waals surface area (Å²) in [5.41, 5.74) is 0.524. The van der Waals surface area contributed by atoms with Crippen molar-refractivity contribution in [2.75, 3.05) is 0 Å². The summed E-state index contributed by atoms with van der Waals surface area (Å²) < 4.78 is 14.8. The quantitative estimate of drug-likeness (QED) is 0.605. The van der Waals surface area contributed by atoms with Gasteiger partial charge in [0.05, 0.1) is 23.9 Å². The number of ketones is 1. The van der Waals surface area contributed by atoms with Crippen LogP contribution >= 0.6 is 0 Å². The third kappa shape index (κ3) is 3.25. The van der Waals surface area contributed by atoms with Gasteiger partial charge in [0.1, 0.15) is 18.1 Å². The second-order valence-corrected chi connectivity index (χ2v) is 10.6. The number of carbonyl (C=O) groups is 3. The molecule has 2 amide bonds. The van der Waals surface area contributed by atoms with Crippen LogP contribution in [0.5, 0.6) is 0 Å². The largest absolute Gasteiger partial charge is 0.445 e. The maximum atomic E-state index is 13.9. The summed E-state index contributed by atoms with van der Waals surface area (Å²) in [4.78, 5) is 67.9. The van der Waals surface area contributed by atoms with Gasteiger partial charge in [-0.15, -0.1) is 0 Å². The van der Waals surface area contributed by atoms with E-state index in [2.05, 4.69) is 0 Å². The van der Waals surface area contributed by atoms with Crippen LogP contribution in [-0.2, 0) is 14.3 Å². The number of allylic oxidation sites excluding steroid dienone is 1. The Morgan fingerprint density at radius 1 is 0.816 bits per heavy atom. The highest BCUT2D eigenvalue weighted by molar-refractivity contribution is 6.01. The zero-order valence-electron chi connectivity index (χ0n) is 21.6. The highest BCUT2D eigenvalue weighted by Gasteiger charge is 2.66. The van der Waals surface area contributed by atoms with Crippen LogP contribution in [0.15, 0.2) is 51.1 Å². The summed E-state index contributed by atoms with van der Waals surface area (Å²) in [5, 5.41) is 2.32. The van der Waals surface area contributed by atoms with Crippen LogP contribution in [0.4, 0.5) is 9.59 Å². The van der Waals surface area contributed by atoms with Gasteiger partial charge in [-0.1, -0.05) is 23.8 Å². The standard InChI is InChI=1S/C26H29N5O7/c1-13(2)37-25(35)30-20-17-12-15-10-11-18(32)19(15)21(31(30)26(36)38-14(3)4)22(20)29-24(34)27(23(33)28(17)29)16-8-6-5-7-9-16/h5-9,13-14,17,20-22H,10-12H2,1-4H3/t17-,20+,21-,22-/m1/s1. The molecule has 3 heterocycles. The predicted octanol–water partition coefficient (Wildman–Crippen LogP) is 2.32. The average Bonchev–Trinajstić information content (AvgIpc) is 3.49. The summed E-state index contributed by atoms with van der Waals surface area (Å²) in [7, 11) is 0. The molecule has 4 aliphatic rings. The molecule has 2 aromatic rings. The fourth-order valence-corrected chi connectivity index (χ4v) is 6.40. The van der Waals surface area contributed by atoms with E-state index in [1.54, 1.807) is 58.0 Å². The lowest BCUT2D eigenvalue weighted by Gasteiger charge is -2.37. The molecule has 2 aliphatic carbocycles. The Morgan fingerprint density at radius 2 is 1.42 bits per heavy atom. The van der Waals surface area contributed by atoms with Gasteiger partial charge in [0, 0.05) is 12.0 Å². The van der Waals surface area contributed by atoms with Gasteiger partial charge in [-0.3, -0.25) is 4.79 Å². The van der Waals surface area contributed by atoms with E-state index in [-0.39, 0.29) is 12.2 Å². The number of para-hydroxylation sites is 1. The lowest BCUT2D eigenvalue weighted by Crippen LogP contribution is -2.55. The first kappa shape index (κ1) is 24.3. The van der Waals surface area contributed by atoms with E-state index in [1.807, 2.05) is 0 Å². The molecule has 0 unspecified atom stereocenters. The number of Topliss-reactive ketones (excluding diaryl/α,β-unsaturated/α-hetero) is 1. The molecule has 1 aromatic heterocycles. The van der Waals surface area contributed by atoms with Gasteiger partial charge in [0.15, 0.2) is 5.78 Å². The number of nitrogens with zero attached hydrogens (tertiary/aromatic N) is 5. The lowest BCUT2D eigenvalue weighted by molar-refractivity contribution is -0.116. The highest BCUT2D eigenvalue weighted by Crippen LogP contribution is 2.54. The molecule has 0 saturated carbocycles. The van der Waals surface area contributed by atoms with E-state index in [9.17, 15) is 24.0 Å². The minimum absolute atomic E-state index is 0.137. The lowest BCUT2D eigenvalue weighted by atomic mass is 9.95. The molecule has 0 N–H and O–H groups in total. The Hall–Kier alpha value is -4.09. The Bertz CT molecular complexity index is 1500. The molecule has 4 atom stereocenters. The third-order valence-corrected chi connectivity index (χ3v) is 7.60. The van der Waals surface area contributed by atoms with Crippen molar-refractivity contribution in [3.05, 3.63) is 62.4 Å². The van der Waals surface area contributed by atoms with Crippen molar-refractivity contribution in [3.8, 4) is 5.69 Å². The number of carbonyl (C=O) groups excluding carboxylic acids is 3. The molecule has 0 spiro atoms. The molecule has 1 fully saturated rings. The van der Waals surface area contributed by atoms with Gasteiger partial charge in [0.2, 0.25) is 0 Å². The first-order chi connectivity index (χ1) is 18.1. The van der Waals surface area contributed by atoms with E-state index >= 15 is 0 Å². The molecule has 1 saturated heterocycles. The molecule has 6 rings (SSSR count). The minimum Gasteiger partial charge on any atom is -0.445 e. The normalized spacial score (nSPS) is 25.3. The first-order valence-electron chi connectivity index (χ1n) is 12.9. The van der Waals surface area contributed by atoms with E-state index < -0.39 is 59.9 Å². The maximum absolute atomic E-state index is 13.9. The van der Waals surface area contributed by atoms with Crippen LogP contribution in [-0.4, -0.2) is 66.2 Å². The molecule has 1 aromatic carbocycles. The smallest absolute Gasteiger partial charge is 0.429 e. The maximum Gasteiger partial charge on any atom is 0.429 e. The van der Waals surface area contributed by atoms with Crippen molar-refractivity contribution in [2.45, 2.75) is 83.3 Å². The van der Waals surface area contributed by atoms with Gasteiger partial charge in [0.25, 0.3) is 0 Å². The van der Waals surface area contributed by atoms with E-state index in [0.29, 0.717) is 24.1 Å². The summed E-state index contributed by atoms with van der Waals surface area (Å²) >= 11 is 0. The molecule has 38 heavy (non-hydrogen) atoms. The summed E-state index contributed by atoms with van der Waals surface area (Å²) in [6.07, 6.45) is -1.55. The van der Waals surface area contributed by atoms with Crippen LogP contribution in [0, 0.1) is 0 Å². The van der Waals surface area contributed by atoms with E-state index in [1.165, 1.54) is 14.4 Å². The second-order valence-electron chi connectivity index (χ2n) is 10.6. The number of hydrogen-bond acceptors (Lipinski definition) is 7. The van der Waals surface area contributed by atoms with Crippen molar-refractivity contribution in [3.63, 3.8) is 0 Å². The number of fused-ring (bicyclic) bond motifs is 3. The third-order valence-electron chi connectivity index (χ3n) is 7.60. The van der Waals surface area contributed by atoms with Crippen molar-refractivity contribution < 1.29 is 23.9 Å². The number of amides is 2. The Kier molecular flexibility index (Phi) is 5.41. The molecule has 12 nitrogen and oxygen atoms in total. The van der Waals surface area contributed by atoms with Gasteiger partial charge in [-0.2, -0.15) is 0 Å². The molecular weight excluding hydrogens is 494 g/mol. The summed E-state index contributed by atoms with van der Waals surface area (Å²) in [6, 6.07) is 5.19.